The van der Waals surface area contributed by atoms with Crippen molar-refractivity contribution in [3.8, 4) is 23.1 Å². The van der Waals surface area contributed by atoms with Gasteiger partial charge in [0.2, 0.25) is 0 Å². The predicted molar refractivity (Wildman–Crippen MR) is 85.5 cm³/mol. The summed E-state index contributed by atoms with van der Waals surface area (Å²) in [6.07, 6.45) is 4.98. The molecule has 0 amide bonds. The van der Waals surface area contributed by atoms with Crippen LogP contribution in [0.15, 0.2) is 43.0 Å². The normalized spacial score (nSPS) is 10.7. The van der Waals surface area contributed by atoms with Crippen LogP contribution < -0.4 is 4.74 Å². The van der Waals surface area contributed by atoms with E-state index in [-0.39, 0.29) is 12.6 Å². The van der Waals surface area contributed by atoms with Crippen molar-refractivity contribution in [2.75, 3.05) is 6.61 Å². The van der Waals surface area contributed by atoms with Crippen molar-refractivity contribution in [3.05, 3.63) is 60.0 Å². The lowest BCUT2D eigenvalue weighted by Gasteiger charge is -2.10. The Bertz CT molecular complexity index is 804. The minimum atomic E-state index is 0.256. The number of benzene rings is 1. The predicted octanol–water partition coefficient (Wildman–Crippen LogP) is 3.85. The number of halogens is 2. The van der Waals surface area contributed by atoms with Crippen LogP contribution in [0.1, 0.15) is 0 Å². The minimum Gasteiger partial charge on any atom is -0.463 e. The number of aromatic nitrogens is 4. The third kappa shape index (κ3) is 2.91. The van der Waals surface area contributed by atoms with Crippen LogP contribution in [0.25, 0.3) is 17.1 Å². The van der Waals surface area contributed by atoms with Crippen LogP contribution in [-0.4, -0.2) is 26.1 Å². The summed E-state index contributed by atoms with van der Waals surface area (Å²) in [5, 5.41) is 1.10. The topological polar surface area (TPSA) is 52.8 Å². The van der Waals surface area contributed by atoms with Gasteiger partial charge in [0.15, 0.2) is 0 Å². The Morgan fingerprint density at radius 2 is 2.09 bits per heavy atom. The summed E-state index contributed by atoms with van der Waals surface area (Å²) in [4.78, 5) is 12.5. The maximum absolute atomic E-state index is 6.26. The molecule has 0 spiro atoms. The van der Waals surface area contributed by atoms with Gasteiger partial charge in [-0.3, -0.25) is 4.57 Å². The van der Waals surface area contributed by atoms with Gasteiger partial charge in [-0.15, -0.1) is 0 Å². The third-order valence-electron chi connectivity index (χ3n) is 2.93. The SMILES string of the molecule is [CH2]COc1nccc(-c2cncn2-c2ccc(Cl)cc2Cl)n1. The molecule has 0 saturated heterocycles. The van der Waals surface area contributed by atoms with Crippen molar-refractivity contribution in [2.45, 2.75) is 0 Å². The standard InChI is InChI=1S/C15H11Cl2N4O/c1-2-22-15-19-6-5-12(20-15)14-8-18-9-21(14)13-4-3-10(16)7-11(13)17/h3-9H,1-2H2. The van der Waals surface area contributed by atoms with Gasteiger partial charge in [0.25, 0.3) is 0 Å². The van der Waals surface area contributed by atoms with Gasteiger partial charge in [0, 0.05) is 11.2 Å². The first-order chi connectivity index (χ1) is 10.7. The average molecular weight is 334 g/mol. The number of nitrogens with zero attached hydrogens (tertiary/aromatic N) is 4. The molecule has 0 fully saturated rings. The third-order valence-corrected chi connectivity index (χ3v) is 3.47. The van der Waals surface area contributed by atoms with Crippen LogP contribution in [0.2, 0.25) is 10.0 Å². The molecule has 0 aliphatic rings. The summed E-state index contributed by atoms with van der Waals surface area (Å²) in [6.45, 7) is 3.86. The van der Waals surface area contributed by atoms with E-state index in [1.54, 1.807) is 36.9 Å². The number of rotatable bonds is 4. The first-order valence-electron chi connectivity index (χ1n) is 6.42. The Morgan fingerprint density at radius 3 is 2.86 bits per heavy atom. The molecule has 0 N–H and O–H groups in total. The van der Waals surface area contributed by atoms with Gasteiger partial charge < -0.3 is 4.74 Å². The molecular weight excluding hydrogens is 323 g/mol. The molecule has 3 rings (SSSR count). The Kier molecular flexibility index (Phi) is 4.27. The number of hydrogen-bond acceptors (Lipinski definition) is 4. The quantitative estimate of drug-likeness (QED) is 0.727. The van der Waals surface area contributed by atoms with Gasteiger partial charge in [-0.2, -0.15) is 4.98 Å². The van der Waals surface area contributed by atoms with Crippen LogP contribution in [-0.2, 0) is 0 Å². The molecule has 111 valence electrons. The fourth-order valence-corrected chi connectivity index (χ4v) is 2.50. The molecule has 0 atom stereocenters. The highest BCUT2D eigenvalue weighted by Crippen LogP contribution is 2.28. The van der Waals surface area contributed by atoms with Crippen molar-refractivity contribution < 1.29 is 4.74 Å². The maximum Gasteiger partial charge on any atom is 0.316 e. The van der Waals surface area contributed by atoms with Gasteiger partial charge in [0.05, 0.1) is 41.2 Å². The first-order valence-corrected chi connectivity index (χ1v) is 7.18. The van der Waals surface area contributed by atoms with Gasteiger partial charge in [-0.25, -0.2) is 9.97 Å². The van der Waals surface area contributed by atoms with Crippen LogP contribution in [0.5, 0.6) is 6.01 Å². The molecule has 22 heavy (non-hydrogen) atoms. The molecule has 1 aromatic carbocycles. The van der Waals surface area contributed by atoms with Crippen LogP contribution in [0.3, 0.4) is 0 Å². The highest BCUT2D eigenvalue weighted by Gasteiger charge is 2.12. The lowest BCUT2D eigenvalue weighted by atomic mass is 10.2. The Hall–Kier alpha value is -2.11. The van der Waals surface area contributed by atoms with E-state index >= 15 is 0 Å². The Morgan fingerprint density at radius 1 is 1.23 bits per heavy atom. The van der Waals surface area contributed by atoms with E-state index < -0.39 is 0 Å². The van der Waals surface area contributed by atoms with E-state index in [1.807, 2.05) is 10.6 Å². The van der Waals surface area contributed by atoms with Crippen molar-refractivity contribution in [2.24, 2.45) is 0 Å². The minimum absolute atomic E-state index is 0.256. The zero-order valence-corrected chi connectivity index (χ0v) is 12.9. The summed E-state index contributed by atoms with van der Waals surface area (Å²) in [7, 11) is 0. The van der Waals surface area contributed by atoms with Gasteiger partial charge in [0.1, 0.15) is 0 Å². The smallest absolute Gasteiger partial charge is 0.316 e. The maximum atomic E-state index is 6.26. The van der Waals surface area contributed by atoms with E-state index in [2.05, 4.69) is 21.9 Å². The average Bonchev–Trinajstić information content (AvgIpc) is 2.97. The van der Waals surface area contributed by atoms with Gasteiger partial charge in [-0.05, 0) is 31.2 Å². The number of ether oxygens (including phenoxy) is 1. The van der Waals surface area contributed by atoms with Gasteiger partial charge >= 0.3 is 6.01 Å². The lowest BCUT2D eigenvalue weighted by Crippen LogP contribution is -2.01. The summed E-state index contributed by atoms with van der Waals surface area (Å²) < 4.78 is 7.05. The van der Waals surface area contributed by atoms with E-state index in [9.17, 15) is 0 Å². The van der Waals surface area contributed by atoms with Crippen molar-refractivity contribution in [1.82, 2.24) is 19.5 Å². The summed E-state index contributed by atoms with van der Waals surface area (Å²) in [5.74, 6) is 0. The van der Waals surface area contributed by atoms with E-state index in [4.69, 9.17) is 27.9 Å². The molecule has 0 aliphatic heterocycles. The zero-order chi connectivity index (χ0) is 15.5. The van der Waals surface area contributed by atoms with E-state index in [1.165, 1.54) is 0 Å². The van der Waals surface area contributed by atoms with Gasteiger partial charge in [-0.1, -0.05) is 23.2 Å². The summed E-state index contributed by atoms with van der Waals surface area (Å²) in [6, 6.07) is 7.31. The molecule has 2 aromatic heterocycles. The molecule has 5 nitrogen and oxygen atoms in total. The van der Waals surface area contributed by atoms with E-state index in [0.717, 1.165) is 11.4 Å². The second-order valence-corrected chi connectivity index (χ2v) is 5.16. The highest BCUT2D eigenvalue weighted by atomic mass is 35.5. The van der Waals surface area contributed by atoms with Crippen LogP contribution >= 0.6 is 23.2 Å². The molecule has 0 unspecified atom stereocenters. The molecular formula is C15H11Cl2N4O. The summed E-state index contributed by atoms with van der Waals surface area (Å²) in [5.41, 5.74) is 2.19. The lowest BCUT2D eigenvalue weighted by molar-refractivity contribution is 0.331. The summed E-state index contributed by atoms with van der Waals surface area (Å²) >= 11 is 12.2. The monoisotopic (exact) mass is 333 g/mol. The molecule has 0 bridgehead atoms. The Balaban J connectivity index is 2.07. The van der Waals surface area contributed by atoms with E-state index in [0.29, 0.717) is 15.7 Å². The molecule has 7 heteroatoms. The fraction of sp³-hybridized carbons (Fsp3) is 0.0667. The highest BCUT2D eigenvalue weighted by molar-refractivity contribution is 6.35. The number of hydrogen-bond donors (Lipinski definition) is 0. The van der Waals surface area contributed by atoms with Crippen molar-refractivity contribution in [3.63, 3.8) is 0 Å². The van der Waals surface area contributed by atoms with Crippen LogP contribution in [0, 0.1) is 6.92 Å². The fourth-order valence-electron chi connectivity index (χ4n) is 2.00. The first kappa shape index (κ1) is 14.8. The molecule has 3 aromatic rings. The number of imidazole rings is 1. The molecule has 1 radical (unpaired) electrons. The second kappa shape index (κ2) is 6.34. The Labute approximate surface area is 137 Å². The van der Waals surface area contributed by atoms with Crippen LogP contribution in [0.4, 0.5) is 0 Å². The van der Waals surface area contributed by atoms with Crippen molar-refractivity contribution >= 4 is 23.2 Å². The second-order valence-electron chi connectivity index (χ2n) is 4.32. The largest absolute Gasteiger partial charge is 0.463 e. The molecule has 0 aliphatic carbocycles. The molecule has 0 saturated carbocycles. The zero-order valence-electron chi connectivity index (χ0n) is 11.4. The molecule has 2 heterocycles. The van der Waals surface area contributed by atoms with Crippen molar-refractivity contribution in [1.29, 1.82) is 0 Å².